The number of nitrogens with zero attached hydrogens (tertiary/aromatic N) is 1. The molecule has 0 aliphatic rings. The number of carbonyl (C=O) groups is 1. The van der Waals surface area contributed by atoms with Crippen molar-refractivity contribution in [1.29, 1.82) is 0 Å². The highest BCUT2D eigenvalue weighted by Crippen LogP contribution is 2.28. The topological polar surface area (TPSA) is 68.0 Å². The van der Waals surface area contributed by atoms with E-state index in [2.05, 4.69) is 10.3 Å². The van der Waals surface area contributed by atoms with Crippen LogP contribution in [0.1, 0.15) is 15.2 Å². The molecule has 21 heavy (non-hydrogen) atoms. The summed E-state index contributed by atoms with van der Waals surface area (Å²) in [5.41, 5.74) is 7.52. The van der Waals surface area contributed by atoms with Crippen molar-refractivity contribution in [3.63, 3.8) is 0 Å². The molecule has 0 spiro atoms. The molecule has 2 heterocycles. The molecule has 0 bridgehead atoms. The van der Waals surface area contributed by atoms with Crippen molar-refractivity contribution in [1.82, 2.24) is 4.98 Å². The van der Waals surface area contributed by atoms with Crippen LogP contribution in [0.25, 0.3) is 10.9 Å². The maximum Gasteiger partial charge on any atom is 0.249 e. The second-order valence-electron chi connectivity index (χ2n) is 4.51. The minimum absolute atomic E-state index is 0.404. The summed E-state index contributed by atoms with van der Waals surface area (Å²) in [5.74, 6) is -0.404. The molecular formula is C15H12ClN3OS. The number of primary amides is 1. The third-order valence-corrected chi connectivity index (χ3v) is 4.35. The summed E-state index contributed by atoms with van der Waals surface area (Å²) in [5, 5.41) is 6.71. The van der Waals surface area contributed by atoms with Crippen LogP contribution < -0.4 is 11.1 Å². The number of hydrogen-bond acceptors (Lipinski definition) is 4. The molecule has 0 saturated heterocycles. The summed E-state index contributed by atoms with van der Waals surface area (Å²) in [6, 6.07) is 9.40. The number of benzene rings is 1. The Bertz CT molecular complexity index is 816. The average Bonchev–Trinajstić information content (AvgIpc) is 2.96. The number of rotatable bonds is 4. The van der Waals surface area contributed by atoms with Gasteiger partial charge in [-0.1, -0.05) is 11.6 Å². The predicted octanol–water partition coefficient (Wildman–Crippen LogP) is 3.66. The smallest absolute Gasteiger partial charge is 0.249 e. The fourth-order valence-electron chi connectivity index (χ4n) is 2.08. The first kappa shape index (κ1) is 13.9. The number of pyridine rings is 1. The van der Waals surface area contributed by atoms with Crippen molar-refractivity contribution >= 4 is 45.4 Å². The Labute approximate surface area is 130 Å². The van der Waals surface area contributed by atoms with E-state index in [0.717, 1.165) is 21.5 Å². The summed E-state index contributed by atoms with van der Waals surface area (Å²) in [7, 11) is 0. The van der Waals surface area contributed by atoms with Crippen LogP contribution in [0.5, 0.6) is 0 Å². The summed E-state index contributed by atoms with van der Waals surface area (Å²) in [4.78, 5) is 16.4. The number of halogens is 1. The van der Waals surface area contributed by atoms with Gasteiger partial charge >= 0.3 is 0 Å². The van der Waals surface area contributed by atoms with Crippen LogP contribution in [0.4, 0.5) is 5.69 Å². The van der Waals surface area contributed by atoms with E-state index in [0.29, 0.717) is 17.1 Å². The van der Waals surface area contributed by atoms with Crippen LogP contribution in [-0.4, -0.2) is 10.9 Å². The standard InChI is InChI=1S/C15H12ClN3OS/c16-12-3-4-13(11-2-1-5-18-14(11)12)19-7-10-6-9(8-21-10)15(17)20/h1-6,8,19H,7H2,(H2,17,20). The molecule has 0 radical (unpaired) electrons. The molecule has 0 unspecified atom stereocenters. The fraction of sp³-hybridized carbons (Fsp3) is 0.0667. The molecule has 3 N–H and O–H groups in total. The largest absolute Gasteiger partial charge is 0.380 e. The van der Waals surface area contributed by atoms with E-state index in [1.165, 1.54) is 11.3 Å². The number of carbonyl (C=O) groups excluding carboxylic acids is 1. The van der Waals surface area contributed by atoms with E-state index >= 15 is 0 Å². The van der Waals surface area contributed by atoms with Gasteiger partial charge in [-0.05, 0) is 30.3 Å². The molecule has 1 aromatic carbocycles. The van der Waals surface area contributed by atoms with E-state index in [4.69, 9.17) is 17.3 Å². The van der Waals surface area contributed by atoms with Gasteiger partial charge in [0.05, 0.1) is 16.1 Å². The molecule has 3 aromatic rings. The number of fused-ring (bicyclic) bond motifs is 1. The maximum absolute atomic E-state index is 11.1. The highest BCUT2D eigenvalue weighted by atomic mass is 35.5. The van der Waals surface area contributed by atoms with E-state index in [-0.39, 0.29) is 0 Å². The minimum Gasteiger partial charge on any atom is -0.380 e. The number of anilines is 1. The normalized spacial score (nSPS) is 10.7. The second-order valence-corrected chi connectivity index (χ2v) is 5.92. The van der Waals surface area contributed by atoms with Crippen molar-refractivity contribution < 1.29 is 4.79 Å². The van der Waals surface area contributed by atoms with E-state index in [1.54, 1.807) is 17.6 Å². The number of nitrogens with one attached hydrogen (secondary N) is 1. The lowest BCUT2D eigenvalue weighted by atomic mass is 10.2. The first-order chi connectivity index (χ1) is 10.1. The average molecular weight is 318 g/mol. The minimum atomic E-state index is -0.404. The van der Waals surface area contributed by atoms with Crippen LogP contribution in [0, 0.1) is 0 Å². The Kier molecular flexibility index (Phi) is 3.77. The highest BCUT2D eigenvalue weighted by molar-refractivity contribution is 7.10. The van der Waals surface area contributed by atoms with Crippen molar-refractivity contribution in [2.75, 3.05) is 5.32 Å². The summed E-state index contributed by atoms with van der Waals surface area (Å²) in [6.45, 7) is 0.615. The molecule has 4 nitrogen and oxygen atoms in total. The summed E-state index contributed by atoms with van der Waals surface area (Å²) in [6.07, 6.45) is 1.72. The number of thiophene rings is 1. The molecule has 1 amide bonds. The van der Waals surface area contributed by atoms with Gasteiger partial charge in [0.1, 0.15) is 0 Å². The van der Waals surface area contributed by atoms with Gasteiger partial charge in [0.25, 0.3) is 0 Å². The number of aromatic nitrogens is 1. The Morgan fingerprint density at radius 3 is 3.00 bits per heavy atom. The van der Waals surface area contributed by atoms with E-state index in [9.17, 15) is 4.79 Å². The lowest BCUT2D eigenvalue weighted by molar-refractivity contribution is 0.100. The van der Waals surface area contributed by atoms with Gasteiger partial charge in [-0.15, -0.1) is 11.3 Å². The van der Waals surface area contributed by atoms with Gasteiger partial charge in [0.2, 0.25) is 5.91 Å². The molecule has 0 saturated carbocycles. The molecular weight excluding hydrogens is 306 g/mol. The zero-order valence-electron chi connectivity index (χ0n) is 11.0. The fourth-order valence-corrected chi connectivity index (χ4v) is 3.10. The Hall–Kier alpha value is -2.11. The first-order valence-corrected chi connectivity index (χ1v) is 7.55. The number of nitrogens with two attached hydrogens (primary N) is 1. The van der Waals surface area contributed by atoms with Gasteiger partial charge in [-0.25, -0.2) is 0 Å². The van der Waals surface area contributed by atoms with Crippen LogP contribution in [-0.2, 0) is 6.54 Å². The molecule has 0 atom stereocenters. The molecule has 106 valence electrons. The third-order valence-electron chi connectivity index (χ3n) is 3.11. The molecule has 0 aliphatic heterocycles. The van der Waals surface area contributed by atoms with Gasteiger partial charge in [0.15, 0.2) is 0 Å². The van der Waals surface area contributed by atoms with Crippen LogP contribution in [0.2, 0.25) is 5.02 Å². The zero-order valence-corrected chi connectivity index (χ0v) is 12.5. The van der Waals surface area contributed by atoms with Crippen molar-refractivity contribution in [2.24, 2.45) is 5.73 Å². The SMILES string of the molecule is NC(=O)c1csc(CNc2ccc(Cl)c3ncccc23)c1. The second kappa shape index (κ2) is 5.71. The van der Waals surface area contributed by atoms with E-state index in [1.807, 2.05) is 24.3 Å². The molecule has 0 aliphatic carbocycles. The molecule has 3 rings (SSSR count). The lowest BCUT2D eigenvalue weighted by Crippen LogP contribution is -2.09. The first-order valence-electron chi connectivity index (χ1n) is 6.29. The Morgan fingerprint density at radius 2 is 2.24 bits per heavy atom. The Morgan fingerprint density at radius 1 is 1.38 bits per heavy atom. The van der Waals surface area contributed by atoms with Gasteiger partial charge in [-0.2, -0.15) is 0 Å². The summed E-state index contributed by atoms with van der Waals surface area (Å²) < 4.78 is 0. The van der Waals surface area contributed by atoms with Gasteiger partial charge < -0.3 is 11.1 Å². The van der Waals surface area contributed by atoms with Crippen LogP contribution >= 0.6 is 22.9 Å². The molecule has 0 fully saturated rings. The van der Waals surface area contributed by atoms with Crippen molar-refractivity contribution in [3.8, 4) is 0 Å². The maximum atomic E-state index is 11.1. The Balaban J connectivity index is 1.85. The molecule has 6 heteroatoms. The number of hydrogen-bond donors (Lipinski definition) is 2. The zero-order chi connectivity index (χ0) is 14.8. The number of amides is 1. The van der Waals surface area contributed by atoms with Crippen LogP contribution in [0.15, 0.2) is 41.9 Å². The monoisotopic (exact) mass is 317 g/mol. The lowest BCUT2D eigenvalue weighted by Gasteiger charge is -2.09. The highest BCUT2D eigenvalue weighted by Gasteiger charge is 2.07. The van der Waals surface area contributed by atoms with Crippen molar-refractivity contribution in [2.45, 2.75) is 6.54 Å². The van der Waals surface area contributed by atoms with Gasteiger partial charge in [-0.3, -0.25) is 9.78 Å². The third kappa shape index (κ3) is 2.84. The predicted molar refractivity (Wildman–Crippen MR) is 86.9 cm³/mol. The molecule has 2 aromatic heterocycles. The van der Waals surface area contributed by atoms with Gasteiger partial charge in [0, 0.05) is 34.1 Å². The quantitative estimate of drug-likeness (QED) is 0.771. The van der Waals surface area contributed by atoms with Crippen molar-refractivity contribution in [3.05, 3.63) is 57.4 Å². The summed E-state index contributed by atoms with van der Waals surface area (Å²) >= 11 is 7.65. The van der Waals surface area contributed by atoms with Crippen LogP contribution in [0.3, 0.4) is 0 Å². The van der Waals surface area contributed by atoms with E-state index < -0.39 is 5.91 Å².